The molecule has 0 aliphatic heterocycles. The number of furan rings is 1. The van der Waals surface area contributed by atoms with E-state index in [2.05, 4.69) is 26.0 Å². The maximum atomic E-state index is 12.4. The van der Waals surface area contributed by atoms with Gasteiger partial charge >= 0.3 is 0 Å². The number of carbonyl (C=O) groups excluding carboxylic acids is 1. The summed E-state index contributed by atoms with van der Waals surface area (Å²) in [4.78, 5) is 11.9. The molecular formula is C18H14BrClN2O4S. The molecule has 0 bridgehead atoms. The van der Waals surface area contributed by atoms with Gasteiger partial charge in [0.15, 0.2) is 5.76 Å². The van der Waals surface area contributed by atoms with Crippen LogP contribution >= 0.6 is 27.5 Å². The SMILES string of the molecule is O=C(Nc1ccc(CNS(=O)(=O)c2ccc(Br)cc2Cl)cc1)c1ccco1. The molecule has 1 aromatic heterocycles. The van der Waals surface area contributed by atoms with Crippen LogP contribution < -0.4 is 10.0 Å². The van der Waals surface area contributed by atoms with E-state index in [0.29, 0.717) is 10.2 Å². The monoisotopic (exact) mass is 468 g/mol. The smallest absolute Gasteiger partial charge is 0.291 e. The second-order valence-electron chi connectivity index (χ2n) is 5.53. The van der Waals surface area contributed by atoms with Crippen molar-refractivity contribution in [2.45, 2.75) is 11.4 Å². The molecule has 6 nitrogen and oxygen atoms in total. The molecule has 0 aliphatic carbocycles. The van der Waals surface area contributed by atoms with Gasteiger partial charge in [0.1, 0.15) is 4.90 Å². The average molecular weight is 470 g/mol. The minimum atomic E-state index is -3.75. The lowest BCUT2D eigenvalue weighted by Gasteiger charge is -2.09. The lowest BCUT2D eigenvalue weighted by Crippen LogP contribution is -2.23. The topological polar surface area (TPSA) is 88.4 Å². The Hall–Kier alpha value is -2.13. The van der Waals surface area contributed by atoms with Crippen LogP contribution in [-0.2, 0) is 16.6 Å². The van der Waals surface area contributed by atoms with Crippen LogP contribution in [0, 0.1) is 0 Å². The van der Waals surface area contributed by atoms with E-state index in [-0.39, 0.29) is 28.1 Å². The molecule has 0 saturated carbocycles. The van der Waals surface area contributed by atoms with E-state index in [4.69, 9.17) is 16.0 Å². The number of rotatable bonds is 6. The molecular weight excluding hydrogens is 456 g/mol. The summed E-state index contributed by atoms with van der Waals surface area (Å²) in [6.07, 6.45) is 1.42. The number of carbonyl (C=O) groups is 1. The van der Waals surface area contributed by atoms with E-state index >= 15 is 0 Å². The summed E-state index contributed by atoms with van der Waals surface area (Å²) in [7, 11) is -3.75. The molecule has 2 aromatic carbocycles. The van der Waals surface area contributed by atoms with Crippen molar-refractivity contribution in [3.05, 3.63) is 81.7 Å². The standard InChI is InChI=1S/C18H14BrClN2O4S/c19-13-5-8-17(15(20)10-13)27(24,25)21-11-12-3-6-14(7-4-12)22-18(23)16-2-1-9-26-16/h1-10,21H,11H2,(H,22,23). The largest absolute Gasteiger partial charge is 0.459 e. The number of sulfonamides is 1. The second kappa shape index (κ2) is 8.26. The number of amides is 1. The van der Waals surface area contributed by atoms with Gasteiger partial charge in [-0.1, -0.05) is 39.7 Å². The van der Waals surface area contributed by atoms with Gasteiger partial charge in [0, 0.05) is 16.7 Å². The van der Waals surface area contributed by atoms with E-state index in [1.807, 2.05) is 0 Å². The van der Waals surface area contributed by atoms with Crippen molar-refractivity contribution in [3.63, 3.8) is 0 Å². The first kappa shape index (κ1) is 19.6. The number of hydrogen-bond donors (Lipinski definition) is 2. The number of halogens is 2. The first-order valence-electron chi connectivity index (χ1n) is 7.74. The Morgan fingerprint density at radius 2 is 1.85 bits per heavy atom. The fraction of sp³-hybridized carbons (Fsp3) is 0.0556. The minimum absolute atomic E-state index is 0.00898. The Balaban J connectivity index is 1.63. The highest BCUT2D eigenvalue weighted by atomic mass is 79.9. The summed E-state index contributed by atoms with van der Waals surface area (Å²) in [6, 6.07) is 14.5. The molecule has 9 heteroatoms. The Morgan fingerprint density at radius 3 is 2.48 bits per heavy atom. The van der Waals surface area contributed by atoms with Gasteiger partial charge in [0.05, 0.1) is 11.3 Å². The van der Waals surface area contributed by atoms with E-state index in [9.17, 15) is 13.2 Å². The number of benzene rings is 2. The van der Waals surface area contributed by atoms with Gasteiger partial charge in [-0.05, 0) is 48.0 Å². The fourth-order valence-electron chi connectivity index (χ4n) is 2.26. The van der Waals surface area contributed by atoms with Crippen molar-refractivity contribution in [2.24, 2.45) is 0 Å². The van der Waals surface area contributed by atoms with Crippen LogP contribution in [0.25, 0.3) is 0 Å². The van der Waals surface area contributed by atoms with Crippen molar-refractivity contribution in [2.75, 3.05) is 5.32 Å². The molecule has 0 saturated heterocycles. The van der Waals surface area contributed by atoms with Crippen molar-refractivity contribution in [3.8, 4) is 0 Å². The van der Waals surface area contributed by atoms with Gasteiger partial charge < -0.3 is 9.73 Å². The number of anilines is 1. The summed E-state index contributed by atoms with van der Waals surface area (Å²) in [5.74, 6) is -0.156. The first-order chi connectivity index (χ1) is 12.8. The maximum Gasteiger partial charge on any atom is 0.291 e. The zero-order chi connectivity index (χ0) is 19.4. The third-order valence-corrected chi connectivity index (χ3v) is 5.98. The summed E-state index contributed by atoms with van der Waals surface area (Å²) in [6.45, 7) is 0.0845. The van der Waals surface area contributed by atoms with Gasteiger partial charge in [0.25, 0.3) is 5.91 Å². The quantitative estimate of drug-likeness (QED) is 0.559. The van der Waals surface area contributed by atoms with Crippen LogP contribution in [0.3, 0.4) is 0 Å². The summed E-state index contributed by atoms with van der Waals surface area (Å²) >= 11 is 9.25. The molecule has 3 rings (SSSR count). The molecule has 0 aliphatic rings. The Labute approximate surface area is 169 Å². The molecule has 0 atom stereocenters. The predicted molar refractivity (Wildman–Crippen MR) is 106 cm³/mol. The fourth-order valence-corrected chi connectivity index (χ4v) is 4.31. The number of nitrogens with one attached hydrogen (secondary N) is 2. The van der Waals surface area contributed by atoms with Crippen LogP contribution in [0.4, 0.5) is 5.69 Å². The van der Waals surface area contributed by atoms with Crippen LogP contribution in [0.2, 0.25) is 5.02 Å². The lowest BCUT2D eigenvalue weighted by molar-refractivity contribution is 0.0996. The highest BCUT2D eigenvalue weighted by Crippen LogP contribution is 2.25. The molecule has 0 spiro atoms. The molecule has 27 heavy (non-hydrogen) atoms. The molecule has 2 N–H and O–H groups in total. The van der Waals surface area contributed by atoms with Gasteiger partial charge in [-0.3, -0.25) is 4.79 Å². The predicted octanol–water partition coefficient (Wildman–Crippen LogP) is 4.43. The zero-order valence-electron chi connectivity index (χ0n) is 13.8. The van der Waals surface area contributed by atoms with Crippen molar-refractivity contribution in [1.82, 2.24) is 4.72 Å². The van der Waals surface area contributed by atoms with Crippen molar-refractivity contribution in [1.29, 1.82) is 0 Å². The first-order valence-corrected chi connectivity index (χ1v) is 10.4. The Morgan fingerprint density at radius 1 is 1.11 bits per heavy atom. The van der Waals surface area contributed by atoms with E-state index in [1.54, 1.807) is 42.5 Å². The van der Waals surface area contributed by atoms with Crippen LogP contribution in [0.1, 0.15) is 16.1 Å². The molecule has 140 valence electrons. The molecule has 0 fully saturated rings. The molecule has 1 amide bonds. The van der Waals surface area contributed by atoms with Crippen LogP contribution in [-0.4, -0.2) is 14.3 Å². The molecule has 1 heterocycles. The van der Waals surface area contributed by atoms with E-state index in [1.165, 1.54) is 18.4 Å². The Bertz CT molecular complexity index is 1050. The maximum absolute atomic E-state index is 12.4. The minimum Gasteiger partial charge on any atom is -0.459 e. The lowest BCUT2D eigenvalue weighted by atomic mass is 10.2. The van der Waals surface area contributed by atoms with Crippen LogP contribution in [0.15, 0.2) is 74.6 Å². The summed E-state index contributed by atoms with van der Waals surface area (Å²) in [5, 5.41) is 2.82. The Kier molecular flexibility index (Phi) is 6.01. The zero-order valence-corrected chi connectivity index (χ0v) is 16.9. The molecule has 0 radical (unpaired) electrons. The summed E-state index contributed by atoms with van der Waals surface area (Å²) in [5.41, 5.74) is 1.29. The highest BCUT2D eigenvalue weighted by molar-refractivity contribution is 9.10. The molecule has 0 unspecified atom stereocenters. The van der Waals surface area contributed by atoms with Crippen LogP contribution in [0.5, 0.6) is 0 Å². The van der Waals surface area contributed by atoms with E-state index < -0.39 is 10.0 Å². The van der Waals surface area contributed by atoms with Gasteiger partial charge in [-0.25, -0.2) is 13.1 Å². The van der Waals surface area contributed by atoms with Gasteiger partial charge in [0.2, 0.25) is 10.0 Å². The highest BCUT2D eigenvalue weighted by Gasteiger charge is 2.17. The van der Waals surface area contributed by atoms with Gasteiger partial charge in [-0.15, -0.1) is 0 Å². The molecule has 3 aromatic rings. The third kappa shape index (κ3) is 4.98. The normalized spacial score (nSPS) is 11.3. The average Bonchev–Trinajstić information content (AvgIpc) is 3.16. The second-order valence-corrected chi connectivity index (χ2v) is 8.59. The summed E-state index contributed by atoms with van der Waals surface area (Å²) < 4.78 is 33.0. The third-order valence-electron chi connectivity index (χ3n) is 3.61. The van der Waals surface area contributed by atoms with Crippen molar-refractivity contribution < 1.29 is 17.6 Å². The van der Waals surface area contributed by atoms with Gasteiger partial charge in [-0.2, -0.15) is 0 Å². The number of hydrogen-bond acceptors (Lipinski definition) is 4. The van der Waals surface area contributed by atoms with Crippen molar-refractivity contribution >= 4 is 49.1 Å². The van der Waals surface area contributed by atoms with E-state index in [0.717, 1.165) is 5.56 Å².